The predicted octanol–water partition coefficient (Wildman–Crippen LogP) is 3.83. The van der Waals surface area contributed by atoms with Gasteiger partial charge in [-0.25, -0.2) is 0 Å². The van der Waals surface area contributed by atoms with E-state index in [0.29, 0.717) is 25.0 Å². The number of fused-ring (bicyclic) bond motifs is 1. The minimum absolute atomic E-state index is 0.0964. The van der Waals surface area contributed by atoms with Crippen molar-refractivity contribution in [3.8, 4) is 11.5 Å². The first-order chi connectivity index (χ1) is 16.3. The number of amides is 1. The number of carbonyl (C=O) groups is 1. The molecule has 176 valence electrons. The van der Waals surface area contributed by atoms with Gasteiger partial charge in [0.05, 0.1) is 11.8 Å². The van der Waals surface area contributed by atoms with Gasteiger partial charge >= 0.3 is 0 Å². The van der Waals surface area contributed by atoms with Gasteiger partial charge in [0.2, 0.25) is 11.9 Å². The molecule has 0 spiro atoms. The zero-order valence-corrected chi connectivity index (χ0v) is 19.8. The predicted molar refractivity (Wildman–Crippen MR) is 126 cm³/mol. The van der Waals surface area contributed by atoms with Crippen LogP contribution in [0.25, 0.3) is 0 Å². The summed E-state index contributed by atoms with van der Waals surface area (Å²) >= 11 is 1.54. The van der Waals surface area contributed by atoms with E-state index < -0.39 is 0 Å². The molecule has 1 atom stereocenters. The number of likely N-dealkylation sites (tertiary alicyclic amines) is 1. The fraction of sp³-hybridized carbons (Fsp3) is 0.625. The molecule has 2 saturated heterocycles. The topological polar surface area (TPSA) is 72.7 Å². The molecule has 0 N–H and O–H groups in total. The van der Waals surface area contributed by atoms with Gasteiger partial charge in [0.25, 0.3) is 0 Å². The maximum Gasteiger partial charge on any atom is 0.233 e. The van der Waals surface area contributed by atoms with E-state index in [1.807, 2.05) is 17.0 Å². The molecular formula is C24H31N5O3S. The molecule has 8 nitrogen and oxygen atoms in total. The molecule has 3 fully saturated rings. The van der Waals surface area contributed by atoms with Crippen molar-refractivity contribution in [3.63, 3.8) is 0 Å². The smallest absolute Gasteiger partial charge is 0.233 e. The Morgan fingerprint density at radius 3 is 2.61 bits per heavy atom. The molecule has 1 amide bonds. The number of carbonyl (C=O) groups excluding carboxylic acids is 1. The fourth-order valence-electron chi connectivity index (χ4n) is 5.22. The van der Waals surface area contributed by atoms with Crippen molar-refractivity contribution in [2.75, 3.05) is 43.5 Å². The summed E-state index contributed by atoms with van der Waals surface area (Å²) < 4.78 is 13.7. The zero-order chi connectivity index (χ0) is 22.2. The molecule has 1 unspecified atom stereocenters. The Hall–Kier alpha value is -2.42. The lowest BCUT2D eigenvalue weighted by Gasteiger charge is -2.28. The summed E-state index contributed by atoms with van der Waals surface area (Å²) in [5, 5.41) is 9.95. The number of aromatic nitrogens is 3. The lowest BCUT2D eigenvalue weighted by Crippen LogP contribution is -2.32. The molecule has 9 heteroatoms. The Labute approximate surface area is 198 Å². The number of hydrogen-bond donors (Lipinski definition) is 0. The molecule has 4 aliphatic rings. The minimum Gasteiger partial charge on any atom is -0.486 e. The number of ether oxygens (including phenoxy) is 2. The van der Waals surface area contributed by atoms with Gasteiger partial charge in [-0.05, 0) is 62.6 Å². The Kier molecular flexibility index (Phi) is 5.82. The highest BCUT2D eigenvalue weighted by Gasteiger charge is 2.34. The Balaban J connectivity index is 1.15. The Morgan fingerprint density at radius 2 is 1.79 bits per heavy atom. The van der Waals surface area contributed by atoms with Gasteiger partial charge in [-0.3, -0.25) is 9.36 Å². The molecule has 33 heavy (non-hydrogen) atoms. The molecule has 0 bridgehead atoms. The van der Waals surface area contributed by atoms with Crippen molar-refractivity contribution in [2.45, 2.75) is 62.2 Å². The normalized spacial score (nSPS) is 22.6. The summed E-state index contributed by atoms with van der Waals surface area (Å²) in [6.07, 6.45) is 8.09. The number of benzene rings is 1. The summed E-state index contributed by atoms with van der Waals surface area (Å²) in [4.78, 5) is 17.7. The molecule has 4 heterocycles. The van der Waals surface area contributed by atoms with Crippen LogP contribution in [0.3, 0.4) is 0 Å². The van der Waals surface area contributed by atoms with Crippen molar-refractivity contribution in [1.82, 2.24) is 19.7 Å². The molecule has 1 aromatic heterocycles. The third-order valence-corrected chi connectivity index (χ3v) is 7.97. The molecule has 1 saturated carbocycles. The summed E-state index contributed by atoms with van der Waals surface area (Å²) in [7, 11) is 0. The van der Waals surface area contributed by atoms with Crippen molar-refractivity contribution in [1.29, 1.82) is 0 Å². The fourth-order valence-corrected chi connectivity index (χ4v) is 6.10. The third-order valence-electron chi connectivity index (χ3n) is 7.05. The first-order valence-electron chi connectivity index (χ1n) is 12.3. The molecular weight excluding hydrogens is 438 g/mol. The average Bonchev–Trinajstić information content (AvgIpc) is 3.41. The van der Waals surface area contributed by atoms with Crippen LogP contribution in [0.1, 0.15) is 62.6 Å². The first kappa shape index (κ1) is 21.1. The van der Waals surface area contributed by atoms with E-state index in [2.05, 4.69) is 25.7 Å². The van der Waals surface area contributed by atoms with E-state index >= 15 is 0 Å². The second-order valence-corrected chi connectivity index (χ2v) is 10.3. The summed E-state index contributed by atoms with van der Waals surface area (Å²) in [5.41, 5.74) is 1.13. The summed E-state index contributed by atoms with van der Waals surface area (Å²) in [6.45, 7) is 4.07. The van der Waals surface area contributed by atoms with Crippen LogP contribution in [0, 0.1) is 0 Å². The first-order valence-corrected chi connectivity index (χ1v) is 13.3. The van der Waals surface area contributed by atoms with Gasteiger partial charge < -0.3 is 19.3 Å². The molecule has 2 aromatic rings. The average molecular weight is 470 g/mol. The van der Waals surface area contributed by atoms with E-state index in [-0.39, 0.29) is 11.9 Å². The largest absolute Gasteiger partial charge is 0.486 e. The molecule has 1 aromatic carbocycles. The van der Waals surface area contributed by atoms with E-state index in [9.17, 15) is 4.79 Å². The van der Waals surface area contributed by atoms with Crippen molar-refractivity contribution in [2.24, 2.45) is 0 Å². The van der Waals surface area contributed by atoms with Crippen LogP contribution in [-0.2, 0) is 4.79 Å². The second-order valence-electron chi connectivity index (χ2n) is 9.37. The van der Waals surface area contributed by atoms with E-state index in [4.69, 9.17) is 9.47 Å². The maximum atomic E-state index is 13.3. The van der Waals surface area contributed by atoms with Crippen molar-refractivity contribution < 1.29 is 14.3 Å². The number of thioether (sulfide) groups is 1. The standard InChI is InChI=1S/C24H31N5O3S/c30-22(28-12-4-5-19(28)17-6-9-20-21(15-17)32-14-13-31-20)16-33-24-26-25-23(29(24)18-7-8-18)27-10-2-1-3-11-27/h6,9,15,18-19H,1-5,7-8,10-14,16H2. The lowest BCUT2D eigenvalue weighted by molar-refractivity contribution is -0.129. The van der Waals surface area contributed by atoms with E-state index in [0.717, 1.165) is 60.6 Å². The number of anilines is 1. The number of rotatable bonds is 6. The molecule has 3 aliphatic heterocycles. The van der Waals surface area contributed by atoms with Crippen LogP contribution in [0.4, 0.5) is 5.95 Å². The van der Waals surface area contributed by atoms with Crippen LogP contribution in [-0.4, -0.2) is 64.2 Å². The van der Waals surface area contributed by atoms with Crippen LogP contribution < -0.4 is 14.4 Å². The lowest BCUT2D eigenvalue weighted by atomic mass is 10.0. The van der Waals surface area contributed by atoms with Crippen LogP contribution >= 0.6 is 11.8 Å². The number of hydrogen-bond acceptors (Lipinski definition) is 7. The Morgan fingerprint density at radius 1 is 0.970 bits per heavy atom. The number of piperidine rings is 1. The SMILES string of the molecule is O=C(CSc1nnc(N2CCCCC2)n1C1CC1)N1CCCC1c1ccc2c(c1)OCCO2. The highest BCUT2D eigenvalue weighted by atomic mass is 32.2. The molecule has 0 radical (unpaired) electrons. The van der Waals surface area contributed by atoms with Gasteiger partial charge in [-0.15, -0.1) is 10.2 Å². The molecule has 6 rings (SSSR count). The van der Waals surface area contributed by atoms with Gasteiger partial charge in [-0.2, -0.15) is 0 Å². The number of nitrogens with zero attached hydrogens (tertiary/aromatic N) is 5. The highest BCUT2D eigenvalue weighted by Crippen LogP contribution is 2.42. The molecule has 1 aliphatic carbocycles. The highest BCUT2D eigenvalue weighted by molar-refractivity contribution is 7.99. The van der Waals surface area contributed by atoms with Crippen molar-refractivity contribution >= 4 is 23.6 Å². The summed E-state index contributed by atoms with van der Waals surface area (Å²) in [6, 6.07) is 6.68. The van der Waals surface area contributed by atoms with Gasteiger partial charge in [-0.1, -0.05) is 17.8 Å². The second kappa shape index (κ2) is 9.08. The monoisotopic (exact) mass is 469 g/mol. The van der Waals surface area contributed by atoms with Crippen molar-refractivity contribution in [3.05, 3.63) is 23.8 Å². The van der Waals surface area contributed by atoms with E-state index in [1.165, 1.54) is 32.1 Å². The summed E-state index contributed by atoms with van der Waals surface area (Å²) in [5.74, 6) is 3.15. The quantitative estimate of drug-likeness (QED) is 0.596. The van der Waals surface area contributed by atoms with Gasteiger partial charge in [0.15, 0.2) is 16.7 Å². The maximum absolute atomic E-state index is 13.3. The van der Waals surface area contributed by atoms with Crippen LogP contribution in [0.2, 0.25) is 0 Å². The van der Waals surface area contributed by atoms with Gasteiger partial charge in [0, 0.05) is 25.7 Å². The zero-order valence-electron chi connectivity index (χ0n) is 18.9. The third kappa shape index (κ3) is 4.27. The van der Waals surface area contributed by atoms with Crippen LogP contribution in [0.5, 0.6) is 11.5 Å². The Bertz CT molecular complexity index is 1020. The van der Waals surface area contributed by atoms with E-state index in [1.54, 1.807) is 11.8 Å². The van der Waals surface area contributed by atoms with Gasteiger partial charge in [0.1, 0.15) is 13.2 Å². The minimum atomic E-state index is 0.0964. The van der Waals surface area contributed by atoms with Crippen LogP contribution in [0.15, 0.2) is 23.4 Å².